The first-order valence-electron chi connectivity index (χ1n) is 9.98. The van der Waals surface area contributed by atoms with Crippen molar-refractivity contribution in [3.63, 3.8) is 0 Å². The lowest BCUT2D eigenvalue weighted by Gasteiger charge is -2.25. The van der Waals surface area contributed by atoms with Crippen LogP contribution in [0.25, 0.3) is 5.82 Å². The molecule has 0 N–H and O–H groups in total. The molecule has 0 bridgehead atoms. The maximum atomic E-state index is 4.95. The van der Waals surface area contributed by atoms with E-state index in [0.29, 0.717) is 0 Å². The van der Waals surface area contributed by atoms with Gasteiger partial charge < -0.3 is 4.57 Å². The molecule has 0 saturated heterocycles. The van der Waals surface area contributed by atoms with E-state index in [2.05, 4.69) is 70.6 Å². The van der Waals surface area contributed by atoms with Crippen molar-refractivity contribution >= 4 is 22.9 Å². The molecule has 4 heteroatoms. The van der Waals surface area contributed by atoms with Gasteiger partial charge in [0.15, 0.2) is 0 Å². The highest BCUT2D eigenvalue weighted by Gasteiger charge is 2.16. The normalized spacial score (nSPS) is 13.3. The lowest BCUT2D eigenvalue weighted by atomic mass is 10.1. The summed E-state index contributed by atoms with van der Waals surface area (Å²) in [6.07, 6.45) is 6.22. The van der Waals surface area contributed by atoms with Crippen LogP contribution < -0.4 is 4.90 Å². The van der Waals surface area contributed by atoms with Crippen LogP contribution in [0.3, 0.4) is 0 Å². The summed E-state index contributed by atoms with van der Waals surface area (Å²) in [5.41, 5.74) is 4.56. The molecule has 5 rings (SSSR count). The van der Waals surface area contributed by atoms with E-state index in [9.17, 15) is 0 Å². The van der Waals surface area contributed by atoms with Crippen molar-refractivity contribution < 1.29 is 0 Å². The van der Waals surface area contributed by atoms with E-state index in [1.807, 2.05) is 41.2 Å². The zero-order valence-corrected chi connectivity index (χ0v) is 16.1. The molecular weight excluding hydrogens is 356 g/mol. The van der Waals surface area contributed by atoms with Gasteiger partial charge in [-0.1, -0.05) is 36.4 Å². The zero-order valence-electron chi connectivity index (χ0n) is 16.1. The van der Waals surface area contributed by atoms with Gasteiger partial charge in [0, 0.05) is 36.0 Å². The fraction of sp³-hybridized carbons (Fsp3) is 0.120. The monoisotopic (exact) mass is 378 g/mol. The molecular formula is C25H22N4. The Hall–Kier alpha value is -3.66. The first-order chi connectivity index (χ1) is 14.4. The van der Waals surface area contributed by atoms with Gasteiger partial charge in [-0.3, -0.25) is 9.89 Å². The van der Waals surface area contributed by atoms with Gasteiger partial charge in [0.05, 0.1) is 0 Å². The molecule has 1 aliphatic rings. The lowest BCUT2D eigenvalue weighted by molar-refractivity contribution is 0.951. The van der Waals surface area contributed by atoms with Crippen LogP contribution in [0.1, 0.15) is 18.4 Å². The number of aromatic nitrogens is 2. The fourth-order valence-electron chi connectivity index (χ4n) is 3.76. The second kappa shape index (κ2) is 7.76. The number of para-hydroxylation sites is 1. The van der Waals surface area contributed by atoms with E-state index in [1.54, 1.807) is 0 Å². The Morgan fingerprint density at radius 2 is 1.55 bits per heavy atom. The summed E-state index contributed by atoms with van der Waals surface area (Å²) in [5.74, 6) is 1.78. The van der Waals surface area contributed by atoms with Crippen LogP contribution in [0.2, 0.25) is 0 Å². The molecule has 4 nitrogen and oxygen atoms in total. The summed E-state index contributed by atoms with van der Waals surface area (Å²) < 4.78 is 2.02. The minimum absolute atomic E-state index is 0.882. The topological polar surface area (TPSA) is 33.4 Å². The SMILES string of the molecule is c1ccc(N(c2cccc(C3=NCCC3)c2)c2cccc(-n3cccc3)n2)cc1. The highest BCUT2D eigenvalue weighted by atomic mass is 15.2. The van der Waals surface area contributed by atoms with Gasteiger partial charge in [-0.2, -0.15) is 0 Å². The van der Waals surface area contributed by atoms with E-state index in [0.717, 1.165) is 42.4 Å². The van der Waals surface area contributed by atoms with Gasteiger partial charge in [-0.15, -0.1) is 0 Å². The first kappa shape index (κ1) is 17.4. The Morgan fingerprint density at radius 3 is 2.34 bits per heavy atom. The summed E-state index contributed by atoms with van der Waals surface area (Å²) in [6.45, 7) is 0.933. The number of hydrogen-bond acceptors (Lipinski definition) is 3. The van der Waals surface area contributed by atoms with Gasteiger partial charge >= 0.3 is 0 Å². The van der Waals surface area contributed by atoms with Crippen LogP contribution in [0.15, 0.2) is 102 Å². The molecule has 4 aromatic rings. The third-order valence-electron chi connectivity index (χ3n) is 5.14. The minimum Gasteiger partial charge on any atom is -0.309 e. The average Bonchev–Trinajstić information content (AvgIpc) is 3.50. The molecule has 2 aromatic heterocycles. The van der Waals surface area contributed by atoms with Crippen LogP contribution in [0.5, 0.6) is 0 Å². The Bertz CT molecular complexity index is 1130. The molecule has 2 aromatic carbocycles. The molecule has 1 aliphatic heterocycles. The van der Waals surface area contributed by atoms with Crippen LogP contribution in [-0.2, 0) is 0 Å². The van der Waals surface area contributed by atoms with Gasteiger partial charge in [-0.05, 0) is 66.9 Å². The first-order valence-corrected chi connectivity index (χ1v) is 9.98. The van der Waals surface area contributed by atoms with E-state index >= 15 is 0 Å². The summed E-state index contributed by atoms with van der Waals surface area (Å²) in [5, 5.41) is 0. The summed E-state index contributed by atoms with van der Waals surface area (Å²) in [4.78, 5) is 11.8. The molecule has 0 aliphatic carbocycles. The van der Waals surface area contributed by atoms with E-state index < -0.39 is 0 Å². The lowest BCUT2D eigenvalue weighted by Crippen LogP contribution is -2.13. The Kier molecular flexibility index (Phi) is 4.67. The molecule has 0 unspecified atom stereocenters. The van der Waals surface area contributed by atoms with Crippen molar-refractivity contribution in [2.75, 3.05) is 11.4 Å². The van der Waals surface area contributed by atoms with Crippen molar-refractivity contribution in [2.24, 2.45) is 4.99 Å². The standard InChI is InChI=1S/C25H22N4/c1-2-10-21(11-3-1)29(22-12-6-9-20(19-22)23-13-8-16-26-23)25-15-7-14-24(27-25)28-17-4-5-18-28/h1-7,9-12,14-15,17-19H,8,13,16H2. The predicted octanol–water partition coefficient (Wildman–Crippen LogP) is 5.93. The number of hydrogen-bond donors (Lipinski definition) is 0. The van der Waals surface area contributed by atoms with Gasteiger partial charge in [0.1, 0.15) is 11.6 Å². The molecule has 0 spiro atoms. The molecule has 0 atom stereocenters. The number of anilines is 3. The third kappa shape index (κ3) is 3.57. The van der Waals surface area contributed by atoms with Gasteiger partial charge in [0.2, 0.25) is 0 Å². The maximum absolute atomic E-state index is 4.95. The van der Waals surface area contributed by atoms with Crippen LogP contribution in [0.4, 0.5) is 17.2 Å². The highest BCUT2D eigenvalue weighted by Crippen LogP contribution is 2.34. The van der Waals surface area contributed by atoms with Crippen molar-refractivity contribution in [2.45, 2.75) is 12.8 Å². The second-order valence-corrected chi connectivity index (χ2v) is 7.10. The van der Waals surface area contributed by atoms with Crippen LogP contribution >= 0.6 is 0 Å². The molecule has 29 heavy (non-hydrogen) atoms. The van der Waals surface area contributed by atoms with E-state index in [1.165, 1.54) is 11.3 Å². The van der Waals surface area contributed by atoms with Gasteiger partial charge in [-0.25, -0.2) is 4.98 Å². The fourth-order valence-corrected chi connectivity index (χ4v) is 3.76. The predicted molar refractivity (Wildman–Crippen MR) is 119 cm³/mol. The van der Waals surface area contributed by atoms with Crippen molar-refractivity contribution in [3.8, 4) is 5.82 Å². The van der Waals surface area contributed by atoms with Crippen molar-refractivity contribution in [3.05, 3.63) is 103 Å². The van der Waals surface area contributed by atoms with E-state index in [4.69, 9.17) is 4.98 Å². The van der Waals surface area contributed by atoms with Gasteiger partial charge in [0.25, 0.3) is 0 Å². The van der Waals surface area contributed by atoms with Crippen LogP contribution in [0, 0.1) is 0 Å². The molecule has 0 fully saturated rings. The maximum Gasteiger partial charge on any atom is 0.140 e. The molecule has 0 amide bonds. The zero-order chi connectivity index (χ0) is 19.5. The largest absolute Gasteiger partial charge is 0.309 e. The molecule has 142 valence electrons. The molecule has 3 heterocycles. The summed E-state index contributed by atoms with van der Waals surface area (Å²) in [6, 6.07) is 29.2. The second-order valence-electron chi connectivity index (χ2n) is 7.10. The Morgan fingerprint density at radius 1 is 0.759 bits per heavy atom. The number of nitrogens with zero attached hydrogens (tertiary/aromatic N) is 4. The van der Waals surface area contributed by atoms with E-state index in [-0.39, 0.29) is 0 Å². The number of aliphatic imine (C=N–C) groups is 1. The van der Waals surface area contributed by atoms with Crippen molar-refractivity contribution in [1.82, 2.24) is 9.55 Å². The Labute approximate surface area is 170 Å². The molecule has 0 radical (unpaired) electrons. The van der Waals surface area contributed by atoms with Crippen LogP contribution in [-0.4, -0.2) is 21.8 Å². The highest BCUT2D eigenvalue weighted by molar-refractivity contribution is 6.02. The van der Waals surface area contributed by atoms with Crippen molar-refractivity contribution in [1.29, 1.82) is 0 Å². The average molecular weight is 378 g/mol. The number of pyridine rings is 1. The quantitative estimate of drug-likeness (QED) is 0.431. The number of benzene rings is 2. The number of rotatable bonds is 5. The summed E-state index contributed by atoms with van der Waals surface area (Å²) >= 11 is 0. The summed E-state index contributed by atoms with van der Waals surface area (Å²) in [7, 11) is 0. The molecule has 0 saturated carbocycles. The smallest absolute Gasteiger partial charge is 0.140 e. The third-order valence-corrected chi connectivity index (χ3v) is 5.14. The minimum atomic E-state index is 0.882. The Balaban J connectivity index is 1.62.